The molecule has 0 atom stereocenters. The quantitative estimate of drug-likeness (QED) is 0.723. The summed E-state index contributed by atoms with van der Waals surface area (Å²) in [5.74, 6) is 0.976. The van der Waals surface area contributed by atoms with Gasteiger partial charge in [-0.2, -0.15) is 0 Å². The molecule has 108 valence electrons. The van der Waals surface area contributed by atoms with Crippen LogP contribution in [0.25, 0.3) is 0 Å². The first-order valence-electron chi connectivity index (χ1n) is 6.39. The van der Waals surface area contributed by atoms with Gasteiger partial charge in [-0.1, -0.05) is 19.8 Å². The number of aryl methyl sites for hydroxylation is 1. The minimum Gasteiger partial charge on any atom is -0.497 e. The predicted molar refractivity (Wildman–Crippen MR) is 75.9 cm³/mol. The minimum atomic E-state index is -3.32. The fourth-order valence-electron chi connectivity index (χ4n) is 2.07. The summed E-state index contributed by atoms with van der Waals surface area (Å²) in [5.41, 5.74) is 0.771. The molecule has 0 aliphatic carbocycles. The summed E-state index contributed by atoms with van der Waals surface area (Å²) in [5, 5.41) is 0. The molecule has 19 heavy (non-hydrogen) atoms. The molecule has 0 spiro atoms. The topological polar surface area (TPSA) is 52.6 Å². The summed E-state index contributed by atoms with van der Waals surface area (Å²) in [6, 6.07) is 3.40. The zero-order valence-corrected chi connectivity index (χ0v) is 12.8. The molecule has 0 saturated heterocycles. The molecule has 0 heterocycles. The molecule has 0 radical (unpaired) electrons. The largest absolute Gasteiger partial charge is 0.497 e. The van der Waals surface area contributed by atoms with E-state index in [1.807, 2.05) is 0 Å². The van der Waals surface area contributed by atoms with Crippen LogP contribution in [-0.4, -0.2) is 28.9 Å². The monoisotopic (exact) mass is 286 g/mol. The molecule has 0 saturated carbocycles. The lowest BCUT2D eigenvalue weighted by molar-refractivity contribution is 0.384. The summed E-state index contributed by atoms with van der Waals surface area (Å²) in [6.07, 6.45) is 5.04. The molecule has 1 rings (SSSR count). The number of rotatable bonds is 7. The van der Waals surface area contributed by atoms with E-state index < -0.39 is 9.84 Å². The van der Waals surface area contributed by atoms with Crippen molar-refractivity contribution >= 4 is 9.84 Å². The molecule has 0 unspecified atom stereocenters. The molecule has 1 aromatic carbocycles. The van der Waals surface area contributed by atoms with Gasteiger partial charge in [0, 0.05) is 12.3 Å². The third-order valence-corrected chi connectivity index (χ3v) is 4.19. The third-order valence-electron chi connectivity index (χ3n) is 2.98. The van der Waals surface area contributed by atoms with Crippen LogP contribution < -0.4 is 9.47 Å². The lowest BCUT2D eigenvalue weighted by Gasteiger charge is -2.14. The van der Waals surface area contributed by atoms with Gasteiger partial charge >= 0.3 is 0 Å². The Balaban J connectivity index is 3.30. The Morgan fingerprint density at radius 1 is 1.11 bits per heavy atom. The molecule has 0 bridgehead atoms. The van der Waals surface area contributed by atoms with Gasteiger partial charge in [0.1, 0.15) is 16.4 Å². The van der Waals surface area contributed by atoms with Gasteiger partial charge in [-0.15, -0.1) is 0 Å². The van der Waals surface area contributed by atoms with Gasteiger partial charge in [-0.25, -0.2) is 8.42 Å². The normalized spacial score (nSPS) is 11.4. The maximum Gasteiger partial charge on any atom is 0.179 e. The molecule has 5 heteroatoms. The van der Waals surface area contributed by atoms with Crippen molar-refractivity contribution in [3.8, 4) is 11.5 Å². The van der Waals surface area contributed by atoms with Crippen LogP contribution in [0, 0.1) is 0 Å². The molecule has 0 aromatic heterocycles. The van der Waals surface area contributed by atoms with Crippen molar-refractivity contribution in [3.05, 3.63) is 17.7 Å². The van der Waals surface area contributed by atoms with Gasteiger partial charge in [-0.3, -0.25) is 0 Å². The Morgan fingerprint density at radius 3 is 2.26 bits per heavy atom. The molecule has 0 aliphatic rings. The van der Waals surface area contributed by atoms with E-state index in [0.717, 1.165) is 24.8 Å². The third kappa shape index (κ3) is 4.13. The van der Waals surface area contributed by atoms with Gasteiger partial charge in [0.05, 0.1) is 14.2 Å². The minimum absolute atomic E-state index is 0.284. The average Bonchev–Trinajstić information content (AvgIpc) is 2.36. The van der Waals surface area contributed by atoms with Gasteiger partial charge in [0.25, 0.3) is 0 Å². The van der Waals surface area contributed by atoms with Crippen LogP contribution >= 0.6 is 0 Å². The molecular formula is C14H22O4S. The second-order valence-electron chi connectivity index (χ2n) is 4.55. The Bertz CT molecular complexity index is 520. The van der Waals surface area contributed by atoms with Crippen molar-refractivity contribution in [3.63, 3.8) is 0 Å². The molecule has 4 nitrogen and oxygen atoms in total. The zero-order chi connectivity index (χ0) is 14.5. The fourth-order valence-corrected chi connectivity index (χ4v) is 3.22. The molecule has 0 N–H and O–H groups in total. The Labute approximate surface area is 115 Å². The number of methoxy groups -OCH3 is 2. The Kier molecular flexibility index (Phi) is 5.66. The Hall–Kier alpha value is -1.23. The van der Waals surface area contributed by atoms with Crippen LogP contribution in [0.2, 0.25) is 0 Å². The van der Waals surface area contributed by atoms with Gasteiger partial charge in [-0.05, 0) is 24.5 Å². The predicted octanol–water partition coefficient (Wildman–Crippen LogP) is 2.84. The highest BCUT2D eigenvalue weighted by Crippen LogP contribution is 2.33. The second kappa shape index (κ2) is 6.80. The smallest absolute Gasteiger partial charge is 0.179 e. The SMILES string of the molecule is CCCCCc1cc(OC)cc(OC)c1S(C)(=O)=O. The van der Waals surface area contributed by atoms with Crippen molar-refractivity contribution < 1.29 is 17.9 Å². The standard InChI is InChI=1S/C14H22O4S/c1-5-6-7-8-11-9-12(17-2)10-13(18-3)14(11)19(4,15)16/h9-10H,5-8H2,1-4H3. The lowest BCUT2D eigenvalue weighted by Crippen LogP contribution is -2.06. The summed E-state index contributed by atoms with van der Waals surface area (Å²) in [7, 11) is -0.287. The number of hydrogen-bond acceptors (Lipinski definition) is 4. The Morgan fingerprint density at radius 2 is 1.79 bits per heavy atom. The highest BCUT2D eigenvalue weighted by Gasteiger charge is 2.20. The fraction of sp³-hybridized carbons (Fsp3) is 0.571. The highest BCUT2D eigenvalue weighted by molar-refractivity contribution is 7.90. The molecule has 0 amide bonds. The average molecular weight is 286 g/mol. The first-order chi connectivity index (χ1) is 8.93. The number of ether oxygens (including phenoxy) is 2. The number of hydrogen-bond donors (Lipinski definition) is 0. The van der Waals surface area contributed by atoms with E-state index in [9.17, 15) is 8.42 Å². The van der Waals surface area contributed by atoms with Crippen molar-refractivity contribution in [1.82, 2.24) is 0 Å². The van der Waals surface area contributed by atoms with Crippen LogP contribution in [0.5, 0.6) is 11.5 Å². The van der Waals surface area contributed by atoms with Crippen LogP contribution in [0.3, 0.4) is 0 Å². The molecular weight excluding hydrogens is 264 g/mol. The maximum absolute atomic E-state index is 11.9. The zero-order valence-electron chi connectivity index (χ0n) is 12.0. The summed E-state index contributed by atoms with van der Waals surface area (Å²) in [6.45, 7) is 2.11. The van der Waals surface area contributed by atoms with Crippen molar-refractivity contribution in [2.45, 2.75) is 37.5 Å². The van der Waals surface area contributed by atoms with Crippen molar-refractivity contribution in [2.24, 2.45) is 0 Å². The molecule has 0 fully saturated rings. The molecule has 1 aromatic rings. The van der Waals surface area contributed by atoms with Crippen LogP contribution in [-0.2, 0) is 16.3 Å². The number of sulfone groups is 1. The highest BCUT2D eigenvalue weighted by atomic mass is 32.2. The number of unbranched alkanes of at least 4 members (excludes halogenated alkanes) is 2. The van der Waals surface area contributed by atoms with E-state index in [1.54, 1.807) is 19.2 Å². The maximum atomic E-state index is 11.9. The second-order valence-corrected chi connectivity index (χ2v) is 6.50. The van der Waals surface area contributed by atoms with Gasteiger partial charge in [0.15, 0.2) is 9.84 Å². The van der Waals surface area contributed by atoms with E-state index >= 15 is 0 Å². The van der Waals surface area contributed by atoms with E-state index in [1.165, 1.54) is 13.4 Å². The van der Waals surface area contributed by atoms with Crippen molar-refractivity contribution in [1.29, 1.82) is 0 Å². The van der Waals surface area contributed by atoms with Crippen LogP contribution in [0.4, 0.5) is 0 Å². The van der Waals surface area contributed by atoms with E-state index in [0.29, 0.717) is 17.9 Å². The van der Waals surface area contributed by atoms with Crippen LogP contribution in [0.15, 0.2) is 17.0 Å². The number of benzene rings is 1. The summed E-state index contributed by atoms with van der Waals surface area (Å²) >= 11 is 0. The summed E-state index contributed by atoms with van der Waals surface area (Å²) in [4.78, 5) is 0.284. The summed E-state index contributed by atoms with van der Waals surface area (Å²) < 4.78 is 34.3. The van der Waals surface area contributed by atoms with E-state index in [4.69, 9.17) is 9.47 Å². The van der Waals surface area contributed by atoms with Crippen LogP contribution in [0.1, 0.15) is 31.7 Å². The molecule has 0 aliphatic heterocycles. The van der Waals surface area contributed by atoms with E-state index in [-0.39, 0.29) is 4.90 Å². The lowest BCUT2D eigenvalue weighted by atomic mass is 10.1. The first-order valence-corrected chi connectivity index (χ1v) is 8.28. The van der Waals surface area contributed by atoms with Crippen molar-refractivity contribution in [2.75, 3.05) is 20.5 Å². The first kappa shape index (κ1) is 15.8. The van der Waals surface area contributed by atoms with Gasteiger partial charge in [0.2, 0.25) is 0 Å². The van der Waals surface area contributed by atoms with E-state index in [2.05, 4.69) is 6.92 Å². The van der Waals surface area contributed by atoms with Gasteiger partial charge < -0.3 is 9.47 Å².